The van der Waals surface area contributed by atoms with Gasteiger partial charge in [0.2, 0.25) is 0 Å². The summed E-state index contributed by atoms with van der Waals surface area (Å²) in [5, 5.41) is 3.98. The molecule has 366 valence electrons. The Labute approximate surface area is 454 Å². The molecule has 77 heavy (non-hydrogen) atoms. The lowest BCUT2D eigenvalue weighted by molar-refractivity contribution is 0.465. The van der Waals surface area contributed by atoms with Crippen molar-refractivity contribution in [1.29, 1.82) is 0 Å². The van der Waals surface area contributed by atoms with Crippen molar-refractivity contribution in [3.63, 3.8) is 0 Å². The maximum absolute atomic E-state index is 7.40. The second-order valence-corrected chi connectivity index (χ2v) is 22.6. The first kappa shape index (κ1) is 44.8. The largest absolute Gasteiger partial charge is 0.458 e. The Morgan fingerprint density at radius 3 is 1.31 bits per heavy atom. The molecule has 6 nitrogen and oxygen atoms in total. The zero-order chi connectivity index (χ0) is 51.7. The molecule has 0 spiro atoms. The highest BCUT2D eigenvalue weighted by molar-refractivity contribution is 8.00. The second-order valence-electron chi connectivity index (χ2n) is 21.8. The van der Waals surface area contributed by atoms with Gasteiger partial charge in [0.25, 0.3) is 20.1 Å². The number of ether oxygens (including phenoxy) is 4. The number of hydrogen-bond acceptors (Lipinski definition) is 7. The van der Waals surface area contributed by atoms with Crippen molar-refractivity contribution >= 4 is 104 Å². The van der Waals surface area contributed by atoms with Gasteiger partial charge >= 0.3 is 0 Å². The number of nitrogens with one attached hydrogen (secondary N) is 1. The van der Waals surface area contributed by atoms with E-state index in [-0.39, 0.29) is 20.1 Å². The summed E-state index contributed by atoms with van der Waals surface area (Å²) in [5.74, 6) is 6.81. The quantitative estimate of drug-likeness (QED) is 0.139. The van der Waals surface area contributed by atoms with Crippen molar-refractivity contribution in [3.8, 4) is 79.4 Å². The van der Waals surface area contributed by atoms with Crippen molar-refractivity contribution in [2.75, 3.05) is 15.9 Å². The van der Waals surface area contributed by atoms with Crippen molar-refractivity contribution in [2.24, 2.45) is 0 Å². The Bertz CT molecular complexity index is 4260. The van der Waals surface area contributed by atoms with Gasteiger partial charge in [0.1, 0.15) is 46.0 Å². The van der Waals surface area contributed by atoms with Crippen LogP contribution in [0.2, 0.25) is 0 Å². The summed E-state index contributed by atoms with van der Waals surface area (Å²) >= 11 is 1.72. The lowest BCUT2D eigenvalue weighted by atomic mass is 9.30. The van der Waals surface area contributed by atoms with E-state index in [0.717, 1.165) is 118 Å². The van der Waals surface area contributed by atoms with Gasteiger partial charge in [-0.2, -0.15) is 0 Å². The van der Waals surface area contributed by atoms with E-state index in [1.807, 2.05) is 0 Å². The topological polar surface area (TPSA) is 52.2 Å². The molecule has 0 atom stereocenters. The van der Waals surface area contributed by atoms with Crippen LogP contribution >= 0.6 is 11.9 Å². The van der Waals surface area contributed by atoms with Crippen molar-refractivity contribution < 1.29 is 18.9 Å². The third-order valence-electron chi connectivity index (χ3n) is 17.4. The lowest BCUT2D eigenvalue weighted by Crippen LogP contribution is -2.64. The Balaban J connectivity index is 0.932. The summed E-state index contributed by atoms with van der Waals surface area (Å²) in [6.07, 6.45) is 2.17. The highest BCUT2D eigenvalue weighted by Crippen LogP contribution is 2.47. The Morgan fingerprint density at radius 2 is 0.766 bits per heavy atom. The average molecular weight is 1010 g/mol. The third kappa shape index (κ3) is 6.36. The van der Waals surface area contributed by atoms with Gasteiger partial charge in [-0.25, -0.2) is 0 Å². The summed E-state index contributed by atoms with van der Waals surface area (Å²) in [6, 6.07) is 59.9. The van der Waals surface area contributed by atoms with Crippen LogP contribution in [0.15, 0.2) is 164 Å². The molecule has 6 aliphatic heterocycles. The zero-order valence-corrected chi connectivity index (χ0v) is 44.6. The summed E-state index contributed by atoms with van der Waals surface area (Å²) in [5.41, 5.74) is 28.9. The number of nitrogens with zero attached hydrogens (tertiary/aromatic N) is 1. The monoisotopic (exact) mass is 1010 g/mol. The number of anilines is 4. The van der Waals surface area contributed by atoms with Gasteiger partial charge in [-0.05, 0) is 212 Å². The number of rotatable bonds is 4. The van der Waals surface area contributed by atoms with Crippen LogP contribution in [0.3, 0.4) is 0 Å². The Kier molecular flexibility index (Phi) is 9.47. The van der Waals surface area contributed by atoms with E-state index in [1.54, 1.807) is 11.9 Å². The molecular formula is C67H49B3N2O4S. The molecule has 16 rings (SSSR count). The van der Waals surface area contributed by atoms with E-state index in [4.69, 9.17) is 18.9 Å². The van der Waals surface area contributed by atoms with Crippen LogP contribution in [-0.2, 0) is 0 Å². The van der Waals surface area contributed by atoms with Gasteiger partial charge in [-0.3, -0.25) is 4.31 Å². The van der Waals surface area contributed by atoms with E-state index >= 15 is 0 Å². The first-order chi connectivity index (χ1) is 37.6. The Morgan fingerprint density at radius 1 is 0.338 bits per heavy atom. The van der Waals surface area contributed by atoms with Gasteiger partial charge in [0.05, 0.1) is 11.4 Å². The molecule has 0 saturated carbocycles. The summed E-state index contributed by atoms with van der Waals surface area (Å²) in [6.45, 7) is 12.8. The molecule has 0 radical (unpaired) electrons. The Hall–Kier alpha value is -8.46. The van der Waals surface area contributed by atoms with E-state index < -0.39 is 0 Å². The van der Waals surface area contributed by atoms with Gasteiger partial charge in [-0.15, -0.1) is 0 Å². The normalized spacial score (nSPS) is 13.9. The highest BCUT2D eigenvalue weighted by Gasteiger charge is 2.48. The molecule has 0 fully saturated rings. The number of fused-ring (bicyclic) bond motifs is 12. The van der Waals surface area contributed by atoms with Crippen molar-refractivity contribution in [1.82, 2.24) is 0 Å². The van der Waals surface area contributed by atoms with Gasteiger partial charge in [0, 0.05) is 35.2 Å². The van der Waals surface area contributed by atoms with Gasteiger partial charge in [-0.1, -0.05) is 103 Å². The molecule has 10 aromatic rings. The fraction of sp³-hybridized carbons (Fsp3) is 0.104. The van der Waals surface area contributed by atoms with E-state index in [0.29, 0.717) is 0 Å². The predicted octanol–water partition coefficient (Wildman–Crippen LogP) is 11.3. The highest BCUT2D eigenvalue weighted by atomic mass is 32.2. The minimum atomic E-state index is -0.220. The molecule has 0 saturated heterocycles. The van der Waals surface area contributed by atoms with Crippen molar-refractivity contribution in [3.05, 3.63) is 197 Å². The molecule has 6 heterocycles. The smallest absolute Gasteiger partial charge is 0.260 e. The molecule has 10 aromatic carbocycles. The minimum Gasteiger partial charge on any atom is -0.458 e. The minimum absolute atomic E-state index is 0.0919. The van der Waals surface area contributed by atoms with Crippen LogP contribution in [0.25, 0.3) is 33.4 Å². The van der Waals surface area contributed by atoms with E-state index in [1.165, 1.54) is 66.5 Å². The second kappa shape index (κ2) is 16.3. The summed E-state index contributed by atoms with van der Waals surface area (Å²) in [7, 11) is 0. The number of benzene rings is 10. The maximum Gasteiger partial charge on any atom is 0.260 e. The number of para-hydroxylation sites is 2. The predicted molar refractivity (Wildman–Crippen MR) is 323 cm³/mol. The fourth-order valence-electron chi connectivity index (χ4n) is 14.2. The molecule has 0 aromatic heterocycles. The SMILES string of the molecule is CSN1c2cc3c(cc2B2c4ccccc4Oc4cc(-c5c(C)cccc5C)cc1c42)B1c2cc4c(cc2Oc2cc(-c5c(C)cccc5C)cc(c21)O3)Nc1cc(-c2c(C)cccc2C)cc2c1B4c1ccccc1O2. The third-order valence-corrected chi connectivity index (χ3v) is 18.1. The van der Waals surface area contributed by atoms with Crippen LogP contribution < -0.4 is 77.7 Å². The molecule has 0 aliphatic carbocycles. The number of hydrogen-bond donors (Lipinski definition) is 1. The van der Waals surface area contributed by atoms with Crippen LogP contribution in [-0.4, -0.2) is 26.4 Å². The van der Waals surface area contributed by atoms with Crippen molar-refractivity contribution in [2.45, 2.75) is 41.5 Å². The van der Waals surface area contributed by atoms with Crippen LogP contribution in [0.1, 0.15) is 33.4 Å². The summed E-state index contributed by atoms with van der Waals surface area (Å²) < 4.78 is 31.0. The zero-order valence-electron chi connectivity index (χ0n) is 43.8. The van der Waals surface area contributed by atoms with Gasteiger partial charge < -0.3 is 24.3 Å². The van der Waals surface area contributed by atoms with Crippen LogP contribution in [0, 0.1) is 41.5 Å². The lowest BCUT2D eigenvalue weighted by Gasteiger charge is -2.41. The first-order valence-corrected chi connectivity index (χ1v) is 27.9. The molecule has 10 heteroatoms. The number of aryl methyl sites for hydroxylation is 6. The molecule has 0 bridgehead atoms. The molecule has 0 unspecified atom stereocenters. The van der Waals surface area contributed by atoms with E-state index in [9.17, 15) is 0 Å². The fourth-order valence-corrected chi connectivity index (χ4v) is 14.9. The average Bonchev–Trinajstić information content (AvgIpc) is 3.55. The van der Waals surface area contributed by atoms with Gasteiger partial charge in [0.15, 0.2) is 0 Å². The van der Waals surface area contributed by atoms with Crippen LogP contribution in [0.4, 0.5) is 22.7 Å². The maximum atomic E-state index is 7.40. The summed E-state index contributed by atoms with van der Waals surface area (Å²) in [4.78, 5) is 0. The molecule has 6 aliphatic rings. The molecular weight excluding hydrogens is 961 g/mol. The molecule has 0 amide bonds. The standard InChI is InChI=1S/C67H49B3N2O4S/c1-35-15-12-16-36(2)62(35)41-25-51-65-58(27-41)73-54-23-10-8-21-44(54)68(65)46-31-48-56(33-50(46)71-51)75-60-29-43(64-39(5)19-14-20-40(64)6)30-61-67(60)70(48)49-32-47-52(34-57(49)76-61)72(77-7)53-26-42(63-37(3)17-13-18-38(63)4)28-59-66(53)69(47)45-22-9-11-24-55(45)74-59/h8-34,71H,1-7H3. The van der Waals surface area contributed by atoms with E-state index in [2.05, 4.69) is 221 Å². The van der Waals surface area contributed by atoms with Crippen LogP contribution in [0.5, 0.6) is 46.0 Å². The first-order valence-electron chi connectivity index (χ1n) is 26.7. The molecule has 1 N–H and O–H groups in total.